The lowest BCUT2D eigenvalue weighted by molar-refractivity contribution is 0.0973. The molecule has 4 aliphatic rings. The van der Waals surface area contributed by atoms with E-state index in [0.29, 0.717) is 6.04 Å². The Kier molecular flexibility index (Phi) is 8.18. The molecule has 0 unspecified atom stereocenters. The molecule has 10 heteroatoms. The Labute approximate surface area is 246 Å². The summed E-state index contributed by atoms with van der Waals surface area (Å²) in [7, 11) is -1.12. The van der Waals surface area contributed by atoms with Crippen molar-refractivity contribution in [2.75, 3.05) is 49.1 Å². The Morgan fingerprint density at radius 1 is 1.12 bits per heavy atom. The molecule has 5 heterocycles. The van der Waals surface area contributed by atoms with Crippen molar-refractivity contribution < 1.29 is 8.95 Å². The molecule has 8 nitrogen and oxygen atoms in total. The zero-order chi connectivity index (χ0) is 27.9. The van der Waals surface area contributed by atoms with Gasteiger partial charge in [-0.2, -0.15) is 0 Å². The van der Waals surface area contributed by atoms with Crippen molar-refractivity contribution in [2.45, 2.75) is 92.7 Å². The van der Waals surface area contributed by atoms with E-state index < -0.39 is 11.0 Å². The first-order valence-electron chi connectivity index (χ1n) is 14.9. The van der Waals surface area contributed by atoms with Gasteiger partial charge < -0.3 is 19.9 Å². The van der Waals surface area contributed by atoms with Crippen LogP contribution in [0.5, 0.6) is 0 Å². The van der Waals surface area contributed by atoms with Gasteiger partial charge in [0.1, 0.15) is 10.8 Å². The lowest BCUT2D eigenvalue weighted by Gasteiger charge is -2.43. The number of hydrogen-bond donors (Lipinski definition) is 2. The van der Waals surface area contributed by atoms with E-state index in [0.717, 1.165) is 69.4 Å². The number of anilines is 2. The molecule has 0 aliphatic carbocycles. The SMILES string of the molecule is C[C@@H]1OCC2(CCN(c3cnc(Sc4cccc5c4CCN5C4CCNCC4)cn3)CC2)[C@@H]1N[S@](=O)C(C)(C)C. The van der Waals surface area contributed by atoms with Gasteiger partial charge in [-0.15, -0.1) is 0 Å². The first-order valence-corrected chi connectivity index (χ1v) is 16.8. The molecule has 0 bridgehead atoms. The molecule has 1 aromatic carbocycles. The summed E-state index contributed by atoms with van der Waals surface area (Å²) in [6.45, 7) is 14.0. The molecule has 2 aromatic rings. The molecule has 0 radical (unpaired) electrons. The molecule has 6 rings (SSSR count). The van der Waals surface area contributed by atoms with Gasteiger partial charge in [-0.25, -0.2) is 18.9 Å². The van der Waals surface area contributed by atoms with Gasteiger partial charge in [0.25, 0.3) is 0 Å². The Hall–Kier alpha value is -1.72. The summed E-state index contributed by atoms with van der Waals surface area (Å²) in [5, 5.41) is 4.44. The first kappa shape index (κ1) is 28.4. The van der Waals surface area contributed by atoms with E-state index in [1.54, 1.807) is 11.8 Å². The van der Waals surface area contributed by atoms with Crippen LogP contribution in [-0.2, 0) is 22.1 Å². The van der Waals surface area contributed by atoms with Crippen LogP contribution in [0, 0.1) is 5.41 Å². The maximum Gasteiger partial charge on any atom is 0.147 e. The summed E-state index contributed by atoms with van der Waals surface area (Å²) in [5.74, 6) is 0.935. The molecule has 40 heavy (non-hydrogen) atoms. The third-order valence-corrected chi connectivity index (χ3v) is 11.8. The van der Waals surface area contributed by atoms with Crippen LogP contribution in [0.3, 0.4) is 0 Å². The van der Waals surface area contributed by atoms with Gasteiger partial charge in [-0.1, -0.05) is 17.8 Å². The van der Waals surface area contributed by atoms with E-state index in [-0.39, 0.29) is 22.3 Å². The van der Waals surface area contributed by atoms with E-state index in [2.05, 4.69) is 45.0 Å². The summed E-state index contributed by atoms with van der Waals surface area (Å²) in [6.07, 6.45) is 9.44. The zero-order valence-electron chi connectivity index (χ0n) is 24.3. The van der Waals surface area contributed by atoms with E-state index in [1.165, 1.54) is 29.0 Å². The minimum atomic E-state index is -1.12. The summed E-state index contributed by atoms with van der Waals surface area (Å²) >= 11 is 1.74. The second kappa shape index (κ2) is 11.5. The Bertz CT molecular complexity index is 1210. The minimum Gasteiger partial charge on any atom is -0.376 e. The van der Waals surface area contributed by atoms with Crippen molar-refractivity contribution in [3.63, 3.8) is 0 Å². The zero-order valence-corrected chi connectivity index (χ0v) is 26.0. The van der Waals surface area contributed by atoms with Gasteiger partial charge in [-0.3, -0.25) is 0 Å². The van der Waals surface area contributed by atoms with Crippen molar-refractivity contribution in [3.05, 3.63) is 36.2 Å². The smallest absolute Gasteiger partial charge is 0.147 e. The third-order valence-electron chi connectivity index (χ3n) is 9.24. The number of rotatable bonds is 6. The molecular weight excluding hydrogens is 541 g/mol. The van der Waals surface area contributed by atoms with Crippen LogP contribution < -0.4 is 19.8 Å². The highest BCUT2D eigenvalue weighted by Gasteiger charge is 2.50. The highest BCUT2D eigenvalue weighted by atomic mass is 32.2. The average molecular weight is 585 g/mol. The second-order valence-corrected chi connectivity index (χ2v) is 15.9. The van der Waals surface area contributed by atoms with Crippen molar-refractivity contribution >= 4 is 34.3 Å². The standard InChI is InChI=1S/C30H44N6O2S2/c1-21-28(34-40(37)29(2,3)4)30(20-38-21)11-16-35(17-12-30)26-18-33-27(19-32-26)39-25-7-5-6-24-23(25)10-15-36(24)22-8-13-31-14-9-22/h5-7,18-19,21-22,28,31,34H,8-17,20H2,1-4H3/t21-,28+,40+/m0/s1. The van der Waals surface area contributed by atoms with Crippen molar-refractivity contribution in [3.8, 4) is 0 Å². The number of fused-ring (bicyclic) bond motifs is 1. The quantitative estimate of drug-likeness (QED) is 0.524. The van der Waals surface area contributed by atoms with E-state index in [9.17, 15) is 4.21 Å². The van der Waals surface area contributed by atoms with Crippen molar-refractivity contribution in [1.29, 1.82) is 0 Å². The van der Waals surface area contributed by atoms with Gasteiger partial charge in [0, 0.05) is 41.7 Å². The molecule has 0 amide bonds. The van der Waals surface area contributed by atoms with Crippen LogP contribution in [-0.4, -0.2) is 76.4 Å². The topological polar surface area (TPSA) is 82.6 Å². The maximum absolute atomic E-state index is 12.9. The van der Waals surface area contributed by atoms with Gasteiger partial charge in [0.05, 0.1) is 46.9 Å². The van der Waals surface area contributed by atoms with Crippen LogP contribution >= 0.6 is 11.8 Å². The van der Waals surface area contributed by atoms with Crippen LogP contribution in [0.1, 0.15) is 58.9 Å². The molecule has 3 fully saturated rings. The number of piperidine rings is 2. The highest BCUT2D eigenvalue weighted by Crippen LogP contribution is 2.44. The van der Waals surface area contributed by atoms with Crippen LogP contribution in [0.25, 0.3) is 0 Å². The molecule has 4 aliphatic heterocycles. The summed E-state index contributed by atoms with van der Waals surface area (Å²) in [6, 6.07) is 7.47. The van der Waals surface area contributed by atoms with E-state index in [1.807, 2.05) is 33.2 Å². The summed E-state index contributed by atoms with van der Waals surface area (Å²) < 4.78 is 22.2. The monoisotopic (exact) mass is 584 g/mol. The molecule has 1 aromatic heterocycles. The summed E-state index contributed by atoms with van der Waals surface area (Å²) in [4.78, 5) is 15.9. The maximum atomic E-state index is 12.9. The van der Waals surface area contributed by atoms with Crippen LogP contribution in [0.15, 0.2) is 40.5 Å². The normalized spacial score (nSPS) is 25.9. The van der Waals surface area contributed by atoms with Gasteiger partial charge in [0.15, 0.2) is 0 Å². The molecular formula is C30H44N6O2S2. The van der Waals surface area contributed by atoms with Crippen molar-refractivity contribution in [1.82, 2.24) is 20.0 Å². The Balaban J connectivity index is 1.09. The number of ether oxygens (including phenoxy) is 1. The number of hydrogen-bond acceptors (Lipinski definition) is 8. The number of aromatic nitrogens is 2. The second-order valence-electron chi connectivity index (χ2n) is 12.8. The fourth-order valence-corrected chi connectivity index (χ4v) is 8.73. The fraction of sp³-hybridized carbons (Fsp3) is 0.667. The molecule has 3 saturated heterocycles. The minimum absolute atomic E-state index is 0.00968. The summed E-state index contributed by atoms with van der Waals surface area (Å²) in [5.41, 5.74) is 2.88. The lowest BCUT2D eigenvalue weighted by atomic mass is 9.73. The fourth-order valence-electron chi connectivity index (χ4n) is 6.79. The highest BCUT2D eigenvalue weighted by molar-refractivity contribution is 7.99. The number of nitrogens with one attached hydrogen (secondary N) is 2. The van der Waals surface area contributed by atoms with Gasteiger partial charge in [0.2, 0.25) is 0 Å². The van der Waals surface area contributed by atoms with Gasteiger partial charge in [-0.05, 0) is 90.6 Å². The molecule has 3 atom stereocenters. The van der Waals surface area contributed by atoms with Crippen LogP contribution in [0.2, 0.25) is 0 Å². The van der Waals surface area contributed by atoms with Crippen LogP contribution in [0.4, 0.5) is 11.5 Å². The predicted octanol–water partition coefficient (Wildman–Crippen LogP) is 4.17. The first-order chi connectivity index (χ1) is 19.2. The van der Waals surface area contributed by atoms with E-state index in [4.69, 9.17) is 14.7 Å². The Morgan fingerprint density at radius 2 is 1.90 bits per heavy atom. The van der Waals surface area contributed by atoms with E-state index >= 15 is 0 Å². The predicted molar refractivity (Wildman–Crippen MR) is 164 cm³/mol. The molecule has 2 N–H and O–H groups in total. The molecule has 1 spiro atoms. The molecule has 218 valence electrons. The average Bonchev–Trinajstić information content (AvgIpc) is 3.52. The number of nitrogens with zero attached hydrogens (tertiary/aromatic N) is 4. The number of benzene rings is 1. The van der Waals surface area contributed by atoms with Gasteiger partial charge >= 0.3 is 0 Å². The third kappa shape index (κ3) is 5.67. The van der Waals surface area contributed by atoms with Crippen molar-refractivity contribution in [2.24, 2.45) is 5.41 Å². The molecule has 0 saturated carbocycles. The Morgan fingerprint density at radius 3 is 2.60 bits per heavy atom. The largest absolute Gasteiger partial charge is 0.376 e. The lowest BCUT2D eigenvalue weighted by Crippen LogP contribution is -2.55.